The number of carbonyl (C=O) groups is 1. The molecule has 0 atom stereocenters. The number of carbonyl (C=O) groups excluding carboxylic acids is 1. The van der Waals surface area contributed by atoms with Crippen LogP contribution in [-0.4, -0.2) is 5.91 Å². The molecule has 0 aromatic carbocycles. The molecule has 3 N–H and O–H groups in total. The van der Waals surface area contributed by atoms with Crippen molar-refractivity contribution < 1.29 is 9.21 Å². The lowest BCUT2D eigenvalue weighted by Crippen LogP contribution is -2.31. The van der Waals surface area contributed by atoms with Gasteiger partial charge in [-0.15, -0.1) is 0 Å². The van der Waals surface area contributed by atoms with E-state index in [1.54, 1.807) is 6.26 Å². The van der Waals surface area contributed by atoms with Crippen molar-refractivity contribution in [2.24, 2.45) is 5.84 Å². The predicted molar refractivity (Wildman–Crippen MR) is 51.4 cm³/mol. The van der Waals surface area contributed by atoms with Crippen molar-refractivity contribution in [1.82, 2.24) is 5.43 Å². The first-order valence-corrected chi connectivity index (χ1v) is 4.26. The molecule has 0 radical (unpaired) electrons. The topological polar surface area (TPSA) is 68.3 Å². The van der Waals surface area contributed by atoms with Crippen molar-refractivity contribution in [1.29, 1.82) is 0 Å². The quantitative estimate of drug-likeness (QED) is 0.420. The molecule has 0 saturated heterocycles. The van der Waals surface area contributed by atoms with Crippen LogP contribution in [0.15, 0.2) is 34.9 Å². The Morgan fingerprint density at radius 3 is 3.07 bits per heavy atom. The third-order valence-corrected chi connectivity index (χ3v) is 2.09. The largest absolute Gasteiger partial charge is 0.468 e. The number of hydrogen-bond donors (Lipinski definition) is 2. The number of amides is 1. The summed E-state index contributed by atoms with van der Waals surface area (Å²) in [6, 6.07) is 7.66. The summed E-state index contributed by atoms with van der Waals surface area (Å²) in [6.07, 6.45) is 1.74. The number of fused-ring (bicyclic) bond motifs is 1. The van der Waals surface area contributed by atoms with Gasteiger partial charge in [0.05, 0.1) is 12.7 Å². The van der Waals surface area contributed by atoms with E-state index in [1.165, 1.54) is 0 Å². The molecular weight excluding hydrogens is 180 g/mol. The average Bonchev–Trinajstić information content (AvgIpc) is 2.66. The number of nitrogens with two attached hydrogens (primary N) is 1. The smallest absolute Gasteiger partial charge is 0.241 e. The fourth-order valence-electron chi connectivity index (χ4n) is 1.42. The second-order valence-corrected chi connectivity index (χ2v) is 2.98. The predicted octanol–water partition coefficient (Wildman–Crippen LogP) is 0.917. The molecule has 0 spiro atoms. The summed E-state index contributed by atoms with van der Waals surface area (Å²) in [5.41, 5.74) is 4.09. The Kier molecular flexibility index (Phi) is 2.20. The van der Waals surface area contributed by atoms with Gasteiger partial charge in [-0.05, 0) is 11.6 Å². The molecule has 0 bridgehead atoms. The van der Waals surface area contributed by atoms with Gasteiger partial charge in [0.2, 0.25) is 5.91 Å². The SMILES string of the molecule is NNC(=O)Cc1occc2cccc1-2. The molecule has 0 fully saturated rings. The van der Waals surface area contributed by atoms with Crippen LogP contribution >= 0.6 is 0 Å². The van der Waals surface area contributed by atoms with Gasteiger partial charge < -0.3 is 4.42 Å². The highest BCUT2D eigenvalue weighted by Gasteiger charge is 2.12. The van der Waals surface area contributed by atoms with E-state index in [2.05, 4.69) is 5.43 Å². The van der Waals surface area contributed by atoms with Crippen LogP contribution in [0.4, 0.5) is 0 Å². The first kappa shape index (κ1) is 8.77. The zero-order valence-electron chi connectivity index (χ0n) is 7.49. The standard InChI is InChI=1S/C10H10N2O2/c11-12-10(13)6-9-8-3-1-2-7(8)4-5-14-9/h1-5H,6,11H2,(H,12,13). The molecule has 1 heterocycles. The van der Waals surface area contributed by atoms with E-state index >= 15 is 0 Å². The van der Waals surface area contributed by atoms with Crippen LogP contribution in [0.25, 0.3) is 11.1 Å². The zero-order valence-corrected chi connectivity index (χ0v) is 7.49. The van der Waals surface area contributed by atoms with Crippen molar-refractivity contribution in [3.63, 3.8) is 0 Å². The van der Waals surface area contributed by atoms with Gasteiger partial charge in [-0.2, -0.15) is 0 Å². The Hall–Kier alpha value is -1.81. The molecule has 1 amide bonds. The van der Waals surface area contributed by atoms with E-state index < -0.39 is 0 Å². The van der Waals surface area contributed by atoms with Gasteiger partial charge in [0.1, 0.15) is 5.76 Å². The lowest BCUT2D eigenvalue weighted by atomic mass is 10.1. The molecule has 72 valence electrons. The van der Waals surface area contributed by atoms with Gasteiger partial charge in [-0.3, -0.25) is 10.2 Å². The fourth-order valence-corrected chi connectivity index (χ4v) is 1.42. The second-order valence-electron chi connectivity index (χ2n) is 2.98. The molecule has 4 heteroatoms. The molecule has 2 aliphatic rings. The minimum absolute atomic E-state index is 0.165. The van der Waals surface area contributed by atoms with E-state index in [9.17, 15) is 4.79 Å². The third kappa shape index (κ3) is 1.47. The van der Waals surface area contributed by atoms with Gasteiger partial charge in [-0.25, -0.2) is 5.84 Å². The summed E-state index contributed by atoms with van der Waals surface area (Å²) in [5, 5.41) is 0. The lowest BCUT2D eigenvalue weighted by molar-refractivity contribution is -0.120. The van der Waals surface area contributed by atoms with Crippen LogP contribution in [0.3, 0.4) is 0 Å². The Morgan fingerprint density at radius 2 is 2.29 bits per heavy atom. The van der Waals surface area contributed by atoms with Crippen molar-refractivity contribution >= 4 is 5.91 Å². The van der Waals surface area contributed by atoms with E-state index in [0.717, 1.165) is 11.1 Å². The average molecular weight is 190 g/mol. The maximum atomic E-state index is 11.1. The summed E-state index contributed by atoms with van der Waals surface area (Å²) in [6.45, 7) is 0. The molecule has 0 aromatic rings. The zero-order chi connectivity index (χ0) is 9.97. The first-order valence-electron chi connectivity index (χ1n) is 4.26. The van der Waals surface area contributed by atoms with E-state index in [1.807, 2.05) is 24.3 Å². The van der Waals surface area contributed by atoms with Crippen LogP contribution in [-0.2, 0) is 11.2 Å². The van der Waals surface area contributed by atoms with Crippen molar-refractivity contribution in [2.75, 3.05) is 0 Å². The molecule has 0 saturated carbocycles. The van der Waals surface area contributed by atoms with Gasteiger partial charge >= 0.3 is 0 Å². The van der Waals surface area contributed by atoms with Gasteiger partial charge in [-0.1, -0.05) is 18.2 Å². The molecule has 0 aromatic heterocycles. The monoisotopic (exact) mass is 190 g/mol. The highest BCUT2D eigenvalue weighted by molar-refractivity contribution is 5.80. The minimum Gasteiger partial charge on any atom is -0.468 e. The van der Waals surface area contributed by atoms with Crippen molar-refractivity contribution in [3.05, 3.63) is 36.3 Å². The molecule has 0 unspecified atom stereocenters. The molecule has 1 aliphatic heterocycles. The number of nitrogens with one attached hydrogen (secondary N) is 1. The fraction of sp³-hybridized carbons (Fsp3) is 0.100. The third-order valence-electron chi connectivity index (χ3n) is 2.09. The van der Waals surface area contributed by atoms with Crippen molar-refractivity contribution in [3.8, 4) is 11.1 Å². The molecule has 2 rings (SSSR count). The van der Waals surface area contributed by atoms with Crippen LogP contribution in [0, 0.1) is 0 Å². The highest BCUT2D eigenvalue weighted by atomic mass is 16.3. The summed E-state index contributed by atoms with van der Waals surface area (Å²) in [4.78, 5) is 11.1. The van der Waals surface area contributed by atoms with E-state index in [4.69, 9.17) is 10.3 Å². The molecular formula is C10H10N2O2. The number of hydrogen-bond acceptors (Lipinski definition) is 3. The van der Waals surface area contributed by atoms with Crippen LogP contribution in [0.5, 0.6) is 0 Å². The Bertz CT molecular complexity index is 422. The minimum atomic E-state index is -0.262. The van der Waals surface area contributed by atoms with Crippen molar-refractivity contribution in [2.45, 2.75) is 6.42 Å². The highest BCUT2D eigenvalue weighted by Crippen LogP contribution is 2.26. The normalized spacial score (nSPS) is 10.4. The number of rotatable bonds is 2. The van der Waals surface area contributed by atoms with E-state index in [0.29, 0.717) is 5.76 Å². The maximum Gasteiger partial charge on any atom is 0.241 e. The molecule has 1 aliphatic carbocycles. The lowest BCUT2D eigenvalue weighted by Gasteiger charge is -2.05. The van der Waals surface area contributed by atoms with Gasteiger partial charge in [0, 0.05) is 5.56 Å². The van der Waals surface area contributed by atoms with Crippen LogP contribution in [0.1, 0.15) is 5.76 Å². The second kappa shape index (κ2) is 3.51. The van der Waals surface area contributed by atoms with Gasteiger partial charge in [0.15, 0.2) is 0 Å². The number of hydrazine groups is 1. The summed E-state index contributed by atoms with van der Waals surface area (Å²) >= 11 is 0. The Labute approximate surface area is 81.0 Å². The summed E-state index contributed by atoms with van der Waals surface area (Å²) in [7, 11) is 0. The first-order chi connectivity index (χ1) is 6.81. The Balaban J connectivity index is 2.34. The van der Waals surface area contributed by atoms with E-state index in [-0.39, 0.29) is 12.3 Å². The summed E-state index contributed by atoms with van der Waals surface area (Å²) in [5.74, 6) is 5.37. The summed E-state index contributed by atoms with van der Waals surface area (Å²) < 4.78 is 5.25. The Morgan fingerprint density at radius 1 is 1.43 bits per heavy atom. The maximum absolute atomic E-state index is 11.1. The van der Waals surface area contributed by atoms with Crippen LogP contribution in [0.2, 0.25) is 0 Å². The van der Waals surface area contributed by atoms with Crippen LogP contribution < -0.4 is 11.3 Å². The van der Waals surface area contributed by atoms with Gasteiger partial charge in [0.25, 0.3) is 0 Å². The molecule has 14 heavy (non-hydrogen) atoms. The molecule has 4 nitrogen and oxygen atoms in total.